The van der Waals surface area contributed by atoms with E-state index in [1.165, 1.54) is 0 Å². The lowest BCUT2D eigenvalue weighted by atomic mass is 9.79. The van der Waals surface area contributed by atoms with Crippen LogP contribution in [0.3, 0.4) is 0 Å². The molecule has 0 radical (unpaired) electrons. The highest BCUT2D eigenvalue weighted by molar-refractivity contribution is 5.71. The Kier molecular flexibility index (Phi) is 5.51. The summed E-state index contributed by atoms with van der Waals surface area (Å²) in [5.41, 5.74) is 0.936. The van der Waals surface area contributed by atoms with Gasteiger partial charge in [0.15, 0.2) is 0 Å². The Bertz CT molecular complexity index is 597. The van der Waals surface area contributed by atoms with Gasteiger partial charge in [-0.3, -0.25) is 9.69 Å². The number of carboxylic acid groups (broad SMARTS) is 1. The van der Waals surface area contributed by atoms with E-state index in [0.29, 0.717) is 12.0 Å². The van der Waals surface area contributed by atoms with Gasteiger partial charge in [-0.05, 0) is 25.7 Å². The molecule has 2 heterocycles. The number of ether oxygens (including phenoxy) is 2. The van der Waals surface area contributed by atoms with Gasteiger partial charge in [0, 0.05) is 51.3 Å². The van der Waals surface area contributed by atoms with Crippen molar-refractivity contribution in [2.24, 2.45) is 0 Å². The fraction of sp³-hybridized carbons (Fsp3) is 0.706. The quantitative estimate of drug-likeness (QED) is 0.755. The van der Waals surface area contributed by atoms with E-state index >= 15 is 0 Å². The van der Waals surface area contributed by atoms with E-state index in [4.69, 9.17) is 14.6 Å². The van der Waals surface area contributed by atoms with Crippen LogP contribution < -0.4 is 5.32 Å². The van der Waals surface area contributed by atoms with Gasteiger partial charge in [-0.2, -0.15) is 0 Å². The Morgan fingerprint density at radius 3 is 2.80 bits per heavy atom. The van der Waals surface area contributed by atoms with Gasteiger partial charge in [-0.15, -0.1) is 0 Å². The fourth-order valence-corrected chi connectivity index (χ4v) is 4.08. The molecule has 25 heavy (non-hydrogen) atoms. The van der Waals surface area contributed by atoms with E-state index in [0.717, 1.165) is 44.3 Å². The smallest absolute Gasteiger partial charge is 0.322 e. The summed E-state index contributed by atoms with van der Waals surface area (Å²) in [4.78, 5) is 21.4. The topological polar surface area (TPSA) is 96.8 Å². The van der Waals surface area contributed by atoms with Gasteiger partial charge in [0.25, 0.3) is 0 Å². The number of hydrogen-bond donors (Lipinski definition) is 2. The number of aromatic nitrogens is 2. The van der Waals surface area contributed by atoms with Crippen molar-refractivity contribution in [3.8, 4) is 0 Å². The molecular weight excluding hydrogens is 324 g/mol. The highest BCUT2D eigenvalue weighted by Gasteiger charge is 2.50. The van der Waals surface area contributed by atoms with Crippen molar-refractivity contribution in [1.82, 2.24) is 14.9 Å². The number of carbonyl (C=O) groups is 1. The number of nitrogens with one attached hydrogen (secondary N) is 1. The maximum Gasteiger partial charge on any atom is 0.322 e. The standard InChI is InChI=1S/C17H26N4O4/c1-24-13-3-4-17(25-2)5-6-21(14(17)7-13)11-12-8-18-16(19-9-12)20-10-15(22)23/h8-9,13-14H,3-7,10-11H2,1-2H3,(H,22,23)(H,18,19,20)/t13-,14+,17-/m0/s1. The number of rotatable bonds is 7. The summed E-state index contributed by atoms with van der Waals surface area (Å²) in [6, 6.07) is 0.334. The normalized spacial score (nSPS) is 29.4. The zero-order valence-electron chi connectivity index (χ0n) is 14.8. The average molecular weight is 350 g/mol. The fourth-order valence-electron chi connectivity index (χ4n) is 4.08. The van der Waals surface area contributed by atoms with Gasteiger partial charge in [-0.25, -0.2) is 9.97 Å². The lowest BCUT2D eigenvalue weighted by Crippen LogP contribution is -2.51. The summed E-state index contributed by atoms with van der Waals surface area (Å²) < 4.78 is 11.5. The minimum atomic E-state index is -0.939. The Hall–Kier alpha value is -1.77. The molecule has 3 atom stereocenters. The van der Waals surface area contributed by atoms with Crippen LogP contribution in [0, 0.1) is 0 Å². The van der Waals surface area contributed by atoms with E-state index in [-0.39, 0.29) is 18.2 Å². The molecule has 0 bridgehead atoms. The average Bonchev–Trinajstić information content (AvgIpc) is 2.99. The minimum Gasteiger partial charge on any atom is -0.480 e. The number of nitrogens with zero attached hydrogens (tertiary/aromatic N) is 3. The third kappa shape index (κ3) is 3.91. The van der Waals surface area contributed by atoms with Crippen molar-refractivity contribution < 1.29 is 19.4 Å². The molecule has 1 saturated heterocycles. The van der Waals surface area contributed by atoms with Crippen LogP contribution in [0.4, 0.5) is 5.95 Å². The number of carboxylic acids is 1. The van der Waals surface area contributed by atoms with Crippen molar-refractivity contribution >= 4 is 11.9 Å². The summed E-state index contributed by atoms with van der Waals surface area (Å²) in [5.74, 6) is -0.610. The molecule has 138 valence electrons. The van der Waals surface area contributed by atoms with Crippen molar-refractivity contribution in [3.63, 3.8) is 0 Å². The zero-order valence-corrected chi connectivity index (χ0v) is 14.8. The van der Waals surface area contributed by atoms with Crippen LogP contribution in [-0.4, -0.2) is 71.0 Å². The Labute approximate surface area is 147 Å². The molecule has 2 aliphatic rings. The van der Waals surface area contributed by atoms with Crippen LogP contribution >= 0.6 is 0 Å². The molecule has 0 aromatic carbocycles. The molecule has 8 nitrogen and oxygen atoms in total. The molecule has 1 aromatic rings. The van der Waals surface area contributed by atoms with Gasteiger partial charge in [0.2, 0.25) is 5.95 Å². The SMILES string of the molecule is CO[C@H]1CC[C@]2(OC)CCN(Cc3cnc(NCC(=O)O)nc3)[C@@H]2C1. The third-order valence-corrected chi connectivity index (χ3v) is 5.47. The molecule has 0 amide bonds. The first kappa shape index (κ1) is 18.0. The van der Waals surface area contributed by atoms with Gasteiger partial charge >= 0.3 is 5.97 Å². The number of anilines is 1. The maximum absolute atomic E-state index is 10.6. The highest BCUT2D eigenvalue weighted by Crippen LogP contribution is 2.43. The first-order valence-corrected chi connectivity index (χ1v) is 8.65. The molecule has 0 unspecified atom stereocenters. The minimum absolute atomic E-state index is 0.0706. The second-order valence-electron chi connectivity index (χ2n) is 6.80. The zero-order chi connectivity index (χ0) is 17.9. The van der Waals surface area contributed by atoms with Gasteiger partial charge < -0.3 is 19.9 Å². The van der Waals surface area contributed by atoms with Crippen LogP contribution in [0.25, 0.3) is 0 Å². The lowest BCUT2D eigenvalue weighted by molar-refractivity contribution is -0.134. The molecule has 0 spiro atoms. The predicted octanol–water partition coefficient (Wildman–Crippen LogP) is 1.13. The Morgan fingerprint density at radius 1 is 1.40 bits per heavy atom. The maximum atomic E-state index is 10.6. The van der Waals surface area contributed by atoms with Gasteiger partial charge in [0.1, 0.15) is 6.54 Å². The second-order valence-corrected chi connectivity index (χ2v) is 6.80. The molecule has 2 N–H and O–H groups in total. The Balaban J connectivity index is 1.65. The highest BCUT2D eigenvalue weighted by atomic mass is 16.5. The number of fused-ring (bicyclic) bond motifs is 1. The summed E-state index contributed by atoms with van der Waals surface area (Å²) >= 11 is 0. The van der Waals surface area contributed by atoms with Crippen LogP contribution in [0.1, 0.15) is 31.2 Å². The van der Waals surface area contributed by atoms with Crippen LogP contribution in [0.2, 0.25) is 0 Å². The number of likely N-dealkylation sites (tertiary alicyclic amines) is 1. The van der Waals surface area contributed by atoms with Gasteiger partial charge in [0.05, 0.1) is 11.7 Å². The molecular formula is C17H26N4O4. The Morgan fingerprint density at radius 2 is 2.16 bits per heavy atom. The first-order chi connectivity index (χ1) is 12.1. The first-order valence-electron chi connectivity index (χ1n) is 8.65. The van der Waals surface area contributed by atoms with E-state index < -0.39 is 5.97 Å². The molecule has 8 heteroatoms. The van der Waals surface area contributed by atoms with E-state index in [9.17, 15) is 4.79 Å². The van der Waals surface area contributed by atoms with Crippen molar-refractivity contribution in [3.05, 3.63) is 18.0 Å². The van der Waals surface area contributed by atoms with Crippen LogP contribution in [0.15, 0.2) is 12.4 Å². The number of methoxy groups -OCH3 is 2. The predicted molar refractivity (Wildman–Crippen MR) is 91.4 cm³/mol. The number of aliphatic carboxylic acids is 1. The third-order valence-electron chi connectivity index (χ3n) is 5.47. The lowest BCUT2D eigenvalue weighted by Gasteiger charge is -2.43. The second kappa shape index (κ2) is 7.63. The van der Waals surface area contributed by atoms with Crippen LogP contribution in [-0.2, 0) is 20.8 Å². The summed E-state index contributed by atoms with van der Waals surface area (Å²) in [6.07, 6.45) is 7.86. The largest absolute Gasteiger partial charge is 0.480 e. The molecule has 1 aliphatic heterocycles. The summed E-state index contributed by atoms with van der Waals surface area (Å²) in [6.45, 7) is 1.54. The van der Waals surface area contributed by atoms with E-state index in [1.807, 2.05) is 7.11 Å². The van der Waals surface area contributed by atoms with E-state index in [1.54, 1.807) is 19.5 Å². The van der Waals surface area contributed by atoms with Crippen LogP contribution in [0.5, 0.6) is 0 Å². The molecule has 1 aliphatic carbocycles. The van der Waals surface area contributed by atoms with E-state index in [2.05, 4.69) is 20.2 Å². The molecule has 1 saturated carbocycles. The monoisotopic (exact) mass is 350 g/mol. The number of hydrogen-bond acceptors (Lipinski definition) is 7. The van der Waals surface area contributed by atoms with Crippen molar-refractivity contribution in [2.75, 3.05) is 32.6 Å². The summed E-state index contributed by atoms with van der Waals surface area (Å²) in [7, 11) is 3.59. The van der Waals surface area contributed by atoms with Crippen molar-refractivity contribution in [2.45, 2.75) is 50.0 Å². The molecule has 3 rings (SSSR count). The van der Waals surface area contributed by atoms with Gasteiger partial charge in [-0.1, -0.05) is 0 Å². The van der Waals surface area contributed by atoms with Crippen molar-refractivity contribution in [1.29, 1.82) is 0 Å². The molecule has 2 fully saturated rings. The summed E-state index contributed by atoms with van der Waals surface area (Å²) in [5, 5.41) is 11.3. The molecule has 1 aromatic heterocycles.